The molecule has 0 saturated carbocycles. The number of nitrogens with one attached hydrogen (secondary N) is 5. The Bertz CT molecular complexity index is 738. The van der Waals surface area contributed by atoms with Crippen molar-refractivity contribution in [2.75, 3.05) is 19.5 Å². The number of anilines is 1. The summed E-state index contributed by atoms with van der Waals surface area (Å²) in [5, 5.41) is 6.20. The van der Waals surface area contributed by atoms with Crippen LogP contribution in [0.4, 0.5) is 5.69 Å². The van der Waals surface area contributed by atoms with Crippen LogP contribution in [0.25, 0.3) is 0 Å². The lowest BCUT2D eigenvalue weighted by Crippen LogP contribution is -2.50. The van der Waals surface area contributed by atoms with Crippen molar-refractivity contribution in [3.63, 3.8) is 0 Å². The molecule has 0 spiro atoms. The Balaban J connectivity index is 1.57. The van der Waals surface area contributed by atoms with Gasteiger partial charge >= 0.3 is 0 Å². The van der Waals surface area contributed by atoms with Gasteiger partial charge in [0.2, 0.25) is 5.91 Å². The van der Waals surface area contributed by atoms with Crippen molar-refractivity contribution in [2.24, 2.45) is 0 Å². The van der Waals surface area contributed by atoms with Gasteiger partial charge in [0.25, 0.3) is 0 Å². The van der Waals surface area contributed by atoms with E-state index in [9.17, 15) is 4.79 Å². The monoisotopic (exact) mass is 357 g/mol. The maximum absolute atomic E-state index is 12.5. The SMILES string of the molecule is COc1ccc(CNC(=O)C2NNNC2Nc2cccc(OC)c2)cc1. The number of hydrogen-bond donors (Lipinski definition) is 5. The van der Waals surface area contributed by atoms with Crippen molar-refractivity contribution >= 4 is 11.6 Å². The van der Waals surface area contributed by atoms with Crippen LogP contribution in [0.2, 0.25) is 0 Å². The van der Waals surface area contributed by atoms with Crippen molar-refractivity contribution in [1.82, 2.24) is 21.7 Å². The molecule has 3 rings (SSSR count). The molecule has 1 fully saturated rings. The zero-order valence-electron chi connectivity index (χ0n) is 14.7. The average Bonchev–Trinajstić information content (AvgIpc) is 3.14. The molecule has 1 saturated heterocycles. The highest BCUT2D eigenvalue weighted by molar-refractivity contribution is 5.83. The fourth-order valence-corrected chi connectivity index (χ4v) is 2.64. The van der Waals surface area contributed by atoms with Gasteiger partial charge in [-0.25, -0.2) is 10.9 Å². The summed E-state index contributed by atoms with van der Waals surface area (Å²) in [5.74, 6) is 1.40. The Morgan fingerprint density at radius 1 is 1.04 bits per heavy atom. The van der Waals surface area contributed by atoms with E-state index in [-0.39, 0.29) is 12.1 Å². The molecule has 2 aromatic rings. The van der Waals surface area contributed by atoms with E-state index < -0.39 is 6.04 Å². The first-order chi connectivity index (χ1) is 12.7. The first kappa shape index (κ1) is 18.0. The third-order valence-corrected chi connectivity index (χ3v) is 4.09. The van der Waals surface area contributed by atoms with Gasteiger partial charge in [0.1, 0.15) is 23.7 Å². The number of hydrazine groups is 2. The van der Waals surface area contributed by atoms with Crippen LogP contribution in [0.1, 0.15) is 5.56 Å². The molecule has 2 unspecified atom stereocenters. The molecular formula is C18H23N5O3. The smallest absolute Gasteiger partial charge is 0.242 e. The maximum atomic E-state index is 12.5. The molecule has 0 bridgehead atoms. The van der Waals surface area contributed by atoms with Crippen LogP contribution in [0, 0.1) is 0 Å². The Hall–Kier alpha value is -2.81. The number of rotatable bonds is 7. The molecule has 2 atom stereocenters. The van der Waals surface area contributed by atoms with Crippen LogP contribution >= 0.6 is 0 Å². The van der Waals surface area contributed by atoms with Crippen molar-refractivity contribution in [2.45, 2.75) is 18.8 Å². The number of carbonyl (C=O) groups is 1. The highest BCUT2D eigenvalue weighted by Crippen LogP contribution is 2.18. The molecule has 0 radical (unpaired) electrons. The number of carbonyl (C=O) groups excluding carboxylic acids is 1. The first-order valence-electron chi connectivity index (χ1n) is 8.27. The van der Waals surface area contributed by atoms with Crippen molar-refractivity contribution in [3.05, 3.63) is 54.1 Å². The maximum Gasteiger partial charge on any atom is 0.242 e. The molecule has 2 aromatic carbocycles. The quantitative estimate of drug-likeness (QED) is 0.499. The summed E-state index contributed by atoms with van der Waals surface area (Å²) in [6.07, 6.45) is -0.321. The predicted octanol–water partition coefficient (Wildman–Crippen LogP) is 0.739. The summed E-state index contributed by atoms with van der Waals surface area (Å²) in [5.41, 5.74) is 10.6. The minimum atomic E-state index is -0.487. The van der Waals surface area contributed by atoms with E-state index in [1.165, 1.54) is 0 Å². The third kappa shape index (κ3) is 4.42. The molecular weight excluding hydrogens is 334 g/mol. The zero-order valence-corrected chi connectivity index (χ0v) is 14.7. The van der Waals surface area contributed by atoms with Gasteiger partial charge in [-0.1, -0.05) is 18.2 Å². The van der Waals surface area contributed by atoms with E-state index in [0.29, 0.717) is 6.54 Å². The van der Waals surface area contributed by atoms with Crippen LogP contribution < -0.4 is 36.5 Å². The van der Waals surface area contributed by atoms with Gasteiger partial charge < -0.3 is 20.1 Å². The van der Waals surface area contributed by atoms with Gasteiger partial charge in [-0.2, -0.15) is 5.53 Å². The Kier molecular flexibility index (Phi) is 5.90. The molecule has 1 aliphatic heterocycles. The van der Waals surface area contributed by atoms with Crippen LogP contribution in [0.15, 0.2) is 48.5 Å². The summed E-state index contributed by atoms with van der Waals surface area (Å²) in [4.78, 5) is 12.5. The van der Waals surface area contributed by atoms with E-state index >= 15 is 0 Å². The second kappa shape index (κ2) is 8.52. The summed E-state index contributed by atoms with van der Waals surface area (Å²) in [7, 11) is 3.24. The fourth-order valence-electron chi connectivity index (χ4n) is 2.64. The molecule has 0 aliphatic carbocycles. The summed E-state index contributed by atoms with van der Waals surface area (Å²) >= 11 is 0. The molecule has 5 N–H and O–H groups in total. The zero-order chi connectivity index (χ0) is 18.4. The highest BCUT2D eigenvalue weighted by atomic mass is 16.5. The standard InChI is InChI=1S/C18H23N5O3/c1-25-14-8-6-12(7-9-14)11-19-18(24)16-17(22-23-21-16)20-13-4-3-5-15(10-13)26-2/h3-10,16-17,20-23H,11H2,1-2H3,(H,19,24). The van der Waals surface area contributed by atoms with Gasteiger partial charge in [0.05, 0.1) is 14.2 Å². The summed E-state index contributed by atoms with van der Waals surface area (Å²) in [6.45, 7) is 0.437. The lowest BCUT2D eigenvalue weighted by Gasteiger charge is -2.20. The predicted molar refractivity (Wildman–Crippen MR) is 98.4 cm³/mol. The Morgan fingerprint density at radius 2 is 1.81 bits per heavy atom. The van der Waals surface area contributed by atoms with Crippen molar-refractivity contribution in [3.8, 4) is 11.5 Å². The fraction of sp³-hybridized carbons (Fsp3) is 0.278. The van der Waals surface area contributed by atoms with Crippen molar-refractivity contribution in [1.29, 1.82) is 0 Å². The second-order valence-electron chi connectivity index (χ2n) is 5.81. The van der Waals surface area contributed by atoms with E-state index in [2.05, 4.69) is 27.0 Å². The van der Waals surface area contributed by atoms with Crippen LogP contribution in [-0.2, 0) is 11.3 Å². The number of ether oxygens (including phenoxy) is 2. The van der Waals surface area contributed by atoms with Crippen LogP contribution in [0.5, 0.6) is 11.5 Å². The van der Waals surface area contributed by atoms with Gasteiger partial charge in [-0.05, 0) is 29.8 Å². The topological polar surface area (TPSA) is 95.7 Å². The molecule has 26 heavy (non-hydrogen) atoms. The van der Waals surface area contributed by atoms with E-state index in [4.69, 9.17) is 9.47 Å². The number of benzene rings is 2. The van der Waals surface area contributed by atoms with E-state index in [0.717, 1.165) is 22.7 Å². The van der Waals surface area contributed by atoms with E-state index in [1.54, 1.807) is 14.2 Å². The normalized spacial score (nSPS) is 19.0. The van der Waals surface area contributed by atoms with Gasteiger partial charge in [-0.15, -0.1) is 0 Å². The minimum Gasteiger partial charge on any atom is -0.497 e. The van der Waals surface area contributed by atoms with Crippen LogP contribution in [-0.4, -0.2) is 32.3 Å². The Morgan fingerprint density at radius 3 is 2.54 bits per heavy atom. The molecule has 0 aromatic heterocycles. The molecule has 1 aliphatic rings. The summed E-state index contributed by atoms with van der Waals surface area (Å²) in [6, 6.07) is 14.6. The lowest BCUT2D eigenvalue weighted by atomic mass is 10.2. The number of hydrogen-bond acceptors (Lipinski definition) is 7. The summed E-state index contributed by atoms with van der Waals surface area (Å²) < 4.78 is 10.3. The van der Waals surface area contributed by atoms with Gasteiger partial charge in [0, 0.05) is 18.3 Å². The van der Waals surface area contributed by atoms with Gasteiger partial charge in [0.15, 0.2) is 0 Å². The van der Waals surface area contributed by atoms with Crippen LogP contribution in [0.3, 0.4) is 0 Å². The number of amides is 1. The highest BCUT2D eigenvalue weighted by Gasteiger charge is 2.32. The molecule has 1 amide bonds. The molecule has 1 heterocycles. The number of methoxy groups -OCH3 is 2. The average molecular weight is 357 g/mol. The molecule has 138 valence electrons. The van der Waals surface area contributed by atoms with Crippen molar-refractivity contribution < 1.29 is 14.3 Å². The van der Waals surface area contributed by atoms with Gasteiger partial charge in [-0.3, -0.25) is 4.79 Å². The lowest BCUT2D eigenvalue weighted by molar-refractivity contribution is -0.123. The first-order valence-corrected chi connectivity index (χ1v) is 8.27. The Labute approximate surface area is 152 Å². The second-order valence-corrected chi connectivity index (χ2v) is 5.81. The van der Waals surface area contributed by atoms with E-state index in [1.807, 2.05) is 48.5 Å². The molecule has 8 nitrogen and oxygen atoms in total. The largest absolute Gasteiger partial charge is 0.497 e. The minimum absolute atomic E-state index is 0.126. The molecule has 8 heteroatoms. The third-order valence-electron chi connectivity index (χ3n) is 4.09.